The molecule has 0 atom stereocenters. The van der Waals surface area contributed by atoms with Gasteiger partial charge in [0.15, 0.2) is 0 Å². The first-order chi connectivity index (χ1) is 10.8. The predicted octanol–water partition coefficient (Wildman–Crippen LogP) is 5.40. The Morgan fingerprint density at radius 1 is 0.826 bits per heavy atom. The molecule has 0 aromatic heterocycles. The average molecular weight is 339 g/mol. The normalized spacial score (nSPS) is 12.4. The largest absolute Gasteiger partial charge is 0.491 e. The molecule has 0 radical (unpaired) electrons. The van der Waals surface area contributed by atoms with Crippen molar-refractivity contribution in [1.82, 2.24) is 0 Å². The Labute approximate surface area is 143 Å². The summed E-state index contributed by atoms with van der Waals surface area (Å²) in [5.41, 5.74) is 3.04. The van der Waals surface area contributed by atoms with Gasteiger partial charge in [-0.3, -0.25) is 0 Å². The minimum atomic E-state index is -1.80. The Morgan fingerprint density at radius 2 is 1.35 bits per heavy atom. The fourth-order valence-electron chi connectivity index (χ4n) is 3.63. The van der Waals surface area contributed by atoms with Gasteiger partial charge in [0, 0.05) is 7.11 Å². The molecule has 0 aliphatic rings. The smallest absolute Gasteiger partial charge is 0.200 e. The Balaban J connectivity index is 2.71. The second-order valence-corrected chi connectivity index (χ2v) is 12.6. The molecule has 0 aliphatic carbocycles. The summed E-state index contributed by atoms with van der Waals surface area (Å²) < 4.78 is 17.2. The van der Waals surface area contributed by atoms with Crippen LogP contribution in [0.25, 0.3) is 0 Å². The number of hydrogen-bond acceptors (Lipinski definition) is 3. The van der Waals surface area contributed by atoms with Gasteiger partial charge in [0.1, 0.15) is 12.4 Å². The van der Waals surface area contributed by atoms with Gasteiger partial charge in [0.2, 0.25) is 8.32 Å². The summed E-state index contributed by atoms with van der Waals surface area (Å²) in [6.45, 7) is 15.8. The summed E-state index contributed by atoms with van der Waals surface area (Å²) in [6.07, 6.45) is 0. The van der Waals surface area contributed by atoms with Crippen molar-refractivity contribution in [2.24, 2.45) is 0 Å². The average Bonchev–Trinajstić information content (AvgIpc) is 2.48. The van der Waals surface area contributed by atoms with E-state index < -0.39 is 8.32 Å². The molecule has 1 aromatic carbocycles. The van der Waals surface area contributed by atoms with Crippen molar-refractivity contribution in [3.63, 3.8) is 0 Å². The monoisotopic (exact) mass is 338 g/mol. The van der Waals surface area contributed by atoms with E-state index >= 15 is 0 Å². The number of benzene rings is 1. The van der Waals surface area contributed by atoms with Gasteiger partial charge < -0.3 is 13.9 Å². The Kier molecular flexibility index (Phi) is 8.30. The lowest BCUT2D eigenvalue weighted by Gasteiger charge is -2.42. The fourth-order valence-corrected chi connectivity index (χ4v) is 9.05. The fraction of sp³-hybridized carbons (Fsp3) is 0.684. The molecule has 0 fully saturated rings. The summed E-state index contributed by atoms with van der Waals surface area (Å²) in [5.74, 6) is 0.880. The lowest BCUT2D eigenvalue weighted by molar-refractivity contribution is 0.146. The van der Waals surface area contributed by atoms with E-state index in [1.807, 2.05) is 12.1 Å². The van der Waals surface area contributed by atoms with Crippen LogP contribution in [0.4, 0.5) is 0 Å². The molecule has 0 aliphatic heterocycles. The first-order valence-corrected chi connectivity index (χ1v) is 10.8. The third-order valence-corrected chi connectivity index (χ3v) is 10.7. The van der Waals surface area contributed by atoms with E-state index in [2.05, 4.69) is 53.7 Å². The van der Waals surface area contributed by atoms with E-state index in [-0.39, 0.29) is 0 Å². The molecule has 0 amide bonds. The maximum absolute atomic E-state index is 6.62. The summed E-state index contributed by atoms with van der Waals surface area (Å²) in [6, 6.07) is 8.22. The SMILES string of the molecule is COCCOc1ccc(CO[Si](C(C)C)(C(C)C)C(C)C)cc1. The molecule has 0 bridgehead atoms. The first kappa shape index (κ1) is 20.2. The highest BCUT2D eigenvalue weighted by atomic mass is 28.4. The van der Waals surface area contributed by atoms with Gasteiger partial charge in [-0.25, -0.2) is 0 Å². The van der Waals surface area contributed by atoms with Crippen LogP contribution < -0.4 is 4.74 Å². The summed E-state index contributed by atoms with van der Waals surface area (Å²) in [5, 5.41) is 0. The van der Waals surface area contributed by atoms with E-state index in [9.17, 15) is 0 Å². The molecule has 1 aromatic rings. The predicted molar refractivity (Wildman–Crippen MR) is 99.7 cm³/mol. The molecular formula is C19H34O3Si. The van der Waals surface area contributed by atoms with Crippen molar-refractivity contribution in [1.29, 1.82) is 0 Å². The molecule has 3 nitrogen and oxygen atoms in total. The van der Waals surface area contributed by atoms with Gasteiger partial charge in [-0.1, -0.05) is 53.7 Å². The minimum Gasteiger partial charge on any atom is -0.491 e. The van der Waals surface area contributed by atoms with Crippen LogP contribution in [0.1, 0.15) is 47.1 Å². The van der Waals surface area contributed by atoms with Crippen molar-refractivity contribution in [2.45, 2.75) is 64.8 Å². The highest BCUT2D eigenvalue weighted by molar-refractivity contribution is 6.77. The highest BCUT2D eigenvalue weighted by Gasteiger charge is 2.44. The standard InChI is InChI=1S/C19H34O3Si/c1-15(2)23(16(3)4,17(5)6)22-14-18-8-10-19(11-9-18)21-13-12-20-7/h8-11,15-17H,12-14H2,1-7H3. The second kappa shape index (κ2) is 9.45. The molecule has 0 spiro atoms. The molecule has 0 saturated carbocycles. The van der Waals surface area contributed by atoms with E-state index in [1.165, 1.54) is 5.56 Å². The molecule has 0 saturated heterocycles. The quantitative estimate of drug-likeness (QED) is 0.422. The molecular weight excluding hydrogens is 304 g/mol. The molecule has 132 valence electrons. The third-order valence-electron chi connectivity index (χ3n) is 4.68. The van der Waals surface area contributed by atoms with Gasteiger partial charge in [0.25, 0.3) is 0 Å². The number of hydrogen-bond donors (Lipinski definition) is 0. The Bertz CT molecular complexity index is 419. The van der Waals surface area contributed by atoms with Gasteiger partial charge in [-0.05, 0) is 34.3 Å². The maximum atomic E-state index is 6.62. The highest BCUT2D eigenvalue weighted by Crippen LogP contribution is 2.42. The molecule has 0 N–H and O–H groups in total. The zero-order valence-corrected chi connectivity index (χ0v) is 16.9. The first-order valence-electron chi connectivity index (χ1n) is 8.69. The number of ether oxygens (including phenoxy) is 2. The minimum absolute atomic E-state index is 0.580. The van der Waals surface area contributed by atoms with Crippen LogP contribution in [0.5, 0.6) is 5.75 Å². The van der Waals surface area contributed by atoms with Crippen molar-refractivity contribution in [3.8, 4) is 5.75 Å². The van der Waals surface area contributed by atoms with Gasteiger partial charge in [-0.2, -0.15) is 0 Å². The molecule has 23 heavy (non-hydrogen) atoms. The molecule has 0 heterocycles. The van der Waals surface area contributed by atoms with E-state index in [4.69, 9.17) is 13.9 Å². The Morgan fingerprint density at radius 3 is 1.78 bits per heavy atom. The van der Waals surface area contributed by atoms with E-state index in [0.717, 1.165) is 5.75 Å². The van der Waals surface area contributed by atoms with Gasteiger partial charge in [0.05, 0.1) is 13.2 Å². The van der Waals surface area contributed by atoms with Crippen molar-refractivity contribution in [3.05, 3.63) is 29.8 Å². The van der Waals surface area contributed by atoms with E-state index in [0.29, 0.717) is 36.4 Å². The van der Waals surface area contributed by atoms with Gasteiger partial charge >= 0.3 is 0 Å². The van der Waals surface area contributed by atoms with Crippen LogP contribution in [0.2, 0.25) is 16.6 Å². The second-order valence-electron chi connectivity index (χ2n) is 7.09. The lowest BCUT2D eigenvalue weighted by Crippen LogP contribution is -2.47. The summed E-state index contributed by atoms with van der Waals surface area (Å²) in [7, 11) is -0.119. The van der Waals surface area contributed by atoms with Crippen LogP contribution in [0, 0.1) is 0 Å². The van der Waals surface area contributed by atoms with Crippen LogP contribution in [-0.4, -0.2) is 28.6 Å². The van der Waals surface area contributed by atoms with Crippen LogP contribution in [0.3, 0.4) is 0 Å². The molecule has 0 unspecified atom stereocenters. The van der Waals surface area contributed by atoms with E-state index in [1.54, 1.807) is 7.11 Å². The summed E-state index contributed by atoms with van der Waals surface area (Å²) >= 11 is 0. The topological polar surface area (TPSA) is 27.7 Å². The number of rotatable bonds is 10. The van der Waals surface area contributed by atoms with Gasteiger partial charge in [-0.15, -0.1) is 0 Å². The third kappa shape index (κ3) is 5.33. The lowest BCUT2D eigenvalue weighted by atomic mass is 10.2. The van der Waals surface area contributed by atoms with Crippen molar-refractivity contribution >= 4 is 8.32 Å². The van der Waals surface area contributed by atoms with Crippen LogP contribution in [0.15, 0.2) is 24.3 Å². The zero-order valence-electron chi connectivity index (χ0n) is 15.9. The number of methoxy groups -OCH3 is 1. The van der Waals surface area contributed by atoms with Crippen LogP contribution >= 0.6 is 0 Å². The molecule has 1 rings (SSSR count). The van der Waals surface area contributed by atoms with Crippen LogP contribution in [-0.2, 0) is 15.8 Å². The van der Waals surface area contributed by atoms with Crippen molar-refractivity contribution < 1.29 is 13.9 Å². The maximum Gasteiger partial charge on any atom is 0.200 e. The zero-order chi connectivity index (χ0) is 17.5. The summed E-state index contributed by atoms with van der Waals surface area (Å²) in [4.78, 5) is 0. The van der Waals surface area contributed by atoms with Crippen molar-refractivity contribution in [2.75, 3.05) is 20.3 Å². The molecule has 4 heteroatoms. The Hall–Kier alpha value is -0.843.